The molecule has 0 aliphatic heterocycles. The summed E-state index contributed by atoms with van der Waals surface area (Å²) in [6.07, 6.45) is 9.09. The van der Waals surface area contributed by atoms with E-state index in [0.717, 1.165) is 32.1 Å². The van der Waals surface area contributed by atoms with Crippen LogP contribution in [0.15, 0.2) is 0 Å². The number of fused-ring (bicyclic) bond motifs is 5. The average molecular weight is 406 g/mol. The zero-order chi connectivity index (χ0) is 21.1. The Bertz CT molecular complexity index is 642. The molecule has 0 aromatic rings. The molecule has 0 heterocycles. The number of nitrogens with two attached hydrogens (primary N) is 3. The van der Waals surface area contributed by atoms with Gasteiger partial charge >= 0.3 is 5.97 Å². The Kier molecular flexibility index (Phi) is 5.57. The predicted molar refractivity (Wildman–Crippen MR) is 116 cm³/mol. The van der Waals surface area contributed by atoms with Gasteiger partial charge in [0.15, 0.2) is 0 Å². The van der Waals surface area contributed by atoms with Gasteiger partial charge in [-0.25, -0.2) is 0 Å². The molecule has 0 bridgehead atoms. The molecule has 11 unspecified atom stereocenters. The summed E-state index contributed by atoms with van der Waals surface area (Å²) in [7, 11) is 0. The number of carboxylic acids is 1. The molecule has 0 aromatic carbocycles. The summed E-state index contributed by atoms with van der Waals surface area (Å²) in [5.41, 5.74) is 20.7. The Morgan fingerprint density at radius 3 is 2.48 bits per heavy atom. The molecule has 4 saturated carbocycles. The highest BCUT2D eigenvalue weighted by Crippen LogP contribution is 2.67. The van der Waals surface area contributed by atoms with Gasteiger partial charge in [-0.1, -0.05) is 20.8 Å². The first-order chi connectivity index (χ1) is 13.6. The van der Waals surface area contributed by atoms with Crippen molar-refractivity contribution in [3.8, 4) is 0 Å². The van der Waals surface area contributed by atoms with E-state index in [-0.39, 0.29) is 23.9 Å². The fourth-order valence-corrected chi connectivity index (χ4v) is 8.93. The maximum absolute atomic E-state index is 11.1. The van der Waals surface area contributed by atoms with Crippen molar-refractivity contribution < 1.29 is 9.90 Å². The molecule has 5 nitrogen and oxygen atoms in total. The van der Waals surface area contributed by atoms with Crippen molar-refractivity contribution in [2.75, 3.05) is 0 Å². The predicted octanol–water partition coefficient (Wildman–Crippen LogP) is 3.35. The standard InChI is InChI=1S/C24H43N3O2/c1-13(4-7-21(28)29)16-5-6-17-22-18(12-20(27)24(16,17)3)23(2)9-8-15(25)10-14(23)11-19(22)26/h13-20,22H,4-12,25-27H2,1-3H3,(H,28,29). The summed E-state index contributed by atoms with van der Waals surface area (Å²) >= 11 is 0. The second kappa shape index (κ2) is 7.49. The normalized spacial score (nSPS) is 52.9. The van der Waals surface area contributed by atoms with E-state index in [2.05, 4.69) is 20.8 Å². The topological polar surface area (TPSA) is 115 Å². The van der Waals surface area contributed by atoms with E-state index in [0.29, 0.717) is 47.0 Å². The van der Waals surface area contributed by atoms with Crippen LogP contribution in [0, 0.1) is 46.3 Å². The fourth-order valence-electron chi connectivity index (χ4n) is 8.93. The lowest BCUT2D eigenvalue weighted by Gasteiger charge is -2.64. The van der Waals surface area contributed by atoms with Gasteiger partial charge in [0.2, 0.25) is 0 Å². The van der Waals surface area contributed by atoms with Crippen LogP contribution in [0.2, 0.25) is 0 Å². The van der Waals surface area contributed by atoms with Crippen molar-refractivity contribution >= 4 is 5.97 Å². The van der Waals surface area contributed by atoms with Crippen molar-refractivity contribution in [1.82, 2.24) is 0 Å². The highest BCUT2D eigenvalue weighted by molar-refractivity contribution is 5.66. The summed E-state index contributed by atoms with van der Waals surface area (Å²) in [5, 5.41) is 9.15. The van der Waals surface area contributed by atoms with Gasteiger partial charge in [0.1, 0.15) is 0 Å². The molecular formula is C24H43N3O2. The molecule has 0 aromatic heterocycles. The lowest BCUT2D eigenvalue weighted by Crippen LogP contribution is -2.65. The van der Waals surface area contributed by atoms with Crippen LogP contribution in [-0.4, -0.2) is 29.2 Å². The molecule has 0 saturated heterocycles. The minimum Gasteiger partial charge on any atom is -0.481 e. The Morgan fingerprint density at radius 1 is 1.07 bits per heavy atom. The van der Waals surface area contributed by atoms with Crippen molar-refractivity contribution in [3.05, 3.63) is 0 Å². The third-order valence-electron chi connectivity index (χ3n) is 10.6. The monoisotopic (exact) mass is 405 g/mol. The molecule has 7 N–H and O–H groups in total. The number of rotatable bonds is 4. The highest BCUT2D eigenvalue weighted by Gasteiger charge is 2.64. The lowest BCUT2D eigenvalue weighted by atomic mass is 9.42. The first-order valence-electron chi connectivity index (χ1n) is 12.1. The molecule has 0 radical (unpaired) electrons. The van der Waals surface area contributed by atoms with Gasteiger partial charge in [0, 0.05) is 24.5 Å². The Hall–Kier alpha value is -0.650. The third-order valence-corrected chi connectivity index (χ3v) is 10.6. The summed E-state index contributed by atoms with van der Waals surface area (Å²) < 4.78 is 0. The van der Waals surface area contributed by atoms with E-state index in [9.17, 15) is 4.79 Å². The summed E-state index contributed by atoms with van der Waals surface area (Å²) in [5.74, 6) is 2.63. The Labute approximate surface area is 176 Å². The van der Waals surface area contributed by atoms with Crippen LogP contribution < -0.4 is 17.2 Å². The van der Waals surface area contributed by atoms with Crippen LogP contribution in [0.25, 0.3) is 0 Å². The van der Waals surface area contributed by atoms with Gasteiger partial charge < -0.3 is 22.3 Å². The largest absolute Gasteiger partial charge is 0.481 e. The number of aliphatic carboxylic acids is 1. The second-order valence-electron chi connectivity index (χ2n) is 11.7. The van der Waals surface area contributed by atoms with Crippen molar-refractivity contribution in [3.63, 3.8) is 0 Å². The highest BCUT2D eigenvalue weighted by atomic mass is 16.4. The molecule has 5 heteroatoms. The quantitative estimate of drug-likeness (QED) is 0.572. The van der Waals surface area contributed by atoms with Crippen LogP contribution in [0.5, 0.6) is 0 Å². The molecule has 4 rings (SSSR count). The van der Waals surface area contributed by atoms with E-state index in [1.165, 1.54) is 19.3 Å². The van der Waals surface area contributed by atoms with Gasteiger partial charge in [-0.15, -0.1) is 0 Å². The van der Waals surface area contributed by atoms with Crippen LogP contribution >= 0.6 is 0 Å². The van der Waals surface area contributed by atoms with Gasteiger partial charge in [-0.3, -0.25) is 4.79 Å². The zero-order valence-electron chi connectivity index (χ0n) is 18.6. The van der Waals surface area contributed by atoms with Crippen LogP contribution in [-0.2, 0) is 4.79 Å². The van der Waals surface area contributed by atoms with Gasteiger partial charge in [0.25, 0.3) is 0 Å². The smallest absolute Gasteiger partial charge is 0.303 e. The first kappa shape index (κ1) is 21.6. The minimum atomic E-state index is -0.687. The van der Waals surface area contributed by atoms with E-state index in [1.54, 1.807) is 0 Å². The number of hydrogen-bond donors (Lipinski definition) is 4. The third kappa shape index (κ3) is 3.27. The number of hydrogen-bond acceptors (Lipinski definition) is 4. The fraction of sp³-hybridized carbons (Fsp3) is 0.958. The second-order valence-corrected chi connectivity index (χ2v) is 11.7. The van der Waals surface area contributed by atoms with E-state index in [1.807, 2.05) is 0 Å². The van der Waals surface area contributed by atoms with E-state index >= 15 is 0 Å². The average Bonchev–Trinajstić information content (AvgIpc) is 3.01. The number of carboxylic acid groups (broad SMARTS) is 1. The summed E-state index contributed by atoms with van der Waals surface area (Å²) in [6.45, 7) is 7.19. The van der Waals surface area contributed by atoms with Crippen LogP contribution in [0.3, 0.4) is 0 Å². The molecule has 4 fully saturated rings. The molecule has 4 aliphatic carbocycles. The number of carbonyl (C=O) groups is 1. The van der Waals surface area contributed by atoms with Crippen LogP contribution in [0.1, 0.15) is 78.6 Å². The van der Waals surface area contributed by atoms with E-state index < -0.39 is 5.97 Å². The van der Waals surface area contributed by atoms with Gasteiger partial charge in [-0.2, -0.15) is 0 Å². The summed E-state index contributed by atoms with van der Waals surface area (Å²) in [4.78, 5) is 11.1. The maximum Gasteiger partial charge on any atom is 0.303 e. The maximum atomic E-state index is 11.1. The van der Waals surface area contributed by atoms with Crippen molar-refractivity contribution in [2.45, 2.75) is 96.7 Å². The molecule has 0 spiro atoms. The zero-order valence-corrected chi connectivity index (χ0v) is 18.6. The SMILES string of the molecule is CC(CCC(=O)O)C1CCC2C3C(N)CC4CC(N)CCC4(C)C3CC(N)C12C. The molecule has 11 atom stereocenters. The minimum absolute atomic E-state index is 0.0883. The molecule has 0 amide bonds. The summed E-state index contributed by atoms with van der Waals surface area (Å²) in [6, 6.07) is 0.783. The molecule has 166 valence electrons. The molecule has 29 heavy (non-hydrogen) atoms. The molecule has 4 aliphatic rings. The van der Waals surface area contributed by atoms with Crippen LogP contribution in [0.4, 0.5) is 0 Å². The lowest BCUT2D eigenvalue weighted by molar-refractivity contribution is -0.138. The van der Waals surface area contributed by atoms with E-state index in [4.69, 9.17) is 22.3 Å². The molecular weight excluding hydrogens is 362 g/mol. The van der Waals surface area contributed by atoms with Crippen molar-refractivity contribution in [2.24, 2.45) is 63.5 Å². The van der Waals surface area contributed by atoms with Gasteiger partial charge in [0.05, 0.1) is 0 Å². The Morgan fingerprint density at radius 2 is 1.79 bits per heavy atom. The van der Waals surface area contributed by atoms with Crippen molar-refractivity contribution in [1.29, 1.82) is 0 Å². The Balaban J connectivity index is 1.61. The van der Waals surface area contributed by atoms with Gasteiger partial charge in [-0.05, 0) is 97.7 Å². The first-order valence-corrected chi connectivity index (χ1v) is 12.1.